The van der Waals surface area contributed by atoms with Crippen LogP contribution in [-0.4, -0.2) is 15.1 Å². The van der Waals surface area contributed by atoms with Crippen LogP contribution >= 0.6 is 0 Å². The summed E-state index contributed by atoms with van der Waals surface area (Å²) in [6, 6.07) is 12.4. The van der Waals surface area contributed by atoms with Crippen LogP contribution in [0.3, 0.4) is 0 Å². The Balaban J connectivity index is 2.04. The fourth-order valence-electron chi connectivity index (χ4n) is 3.01. The molecule has 0 fully saturated rings. The van der Waals surface area contributed by atoms with Crippen molar-refractivity contribution in [2.75, 3.05) is 0 Å². The van der Waals surface area contributed by atoms with Crippen molar-refractivity contribution in [3.8, 4) is 22.4 Å². The van der Waals surface area contributed by atoms with E-state index in [0.29, 0.717) is 0 Å². The molecule has 0 amide bonds. The van der Waals surface area contributed by atoms with Crippen molar-refractivity contribution in [2.24, 2.45) is 0 Å². The van der Waals surface area contributed by atoms with Crippen molar-refractivity contribution in [3.63, 3.8) is 0 Å². The standard InChI is InChI=1S/C20H17N3O/c1-12-6-7-16(13(2)9-12)17-10-18(15-5-4-8-21-11-15)22-19-14(3)23-24-20(17)19/h4-11H,1-3H3. The molecule has 1 aromatic carbocycles. The molecule has 4 heteroatoms. The molecular weight excluding hydrogens is 298 g/mol. The van der Waals surface area contributed by atoms with Crippen LogP contribution in [0.4, 0.5) is 0 Å². The smallest absolute Gasteiger partial charge is 0.193 e. The first-order valence-electron chi connectivity index (χ1n) is 7.88. The van der Waals surface area contributed by atoms with E-state index in [4.69, 9.17) is 9.51 Å². The molecule has 0 aliphatic rings. The molecule has 3 heterocycles. The van der Waals surface area contributed by atoms with Crippen molar-refractivity contribution in [1.82, 2.24) is 15.1 Å². The molecule has 0 unspecified atom stereocenters. The number of aromatic nitrogens is 3. The molecule has 0 aliphatic heterocycles. The second kappa shape index (κ2) is 5.57. The summed E-state index contributed by atoms with van der Waals surface area (Å²) in [4.78, 5) is 8.95. The maximum absolute atomic E-state index is 5.58. The van der Waals surface area contributed by atoms with E-state index in [1.165, 1.54) is 11.1 Å². The molecule has 0 saturated carbocycles. The molecule has 0 atom stereocenters. The predicted molar refractivity (Wildman–Crippen MR) is 94.7 cm³/mol. The first-order chi connectivity index (χ1) is 11.6. The van der Waals surface area contributed by atoms with Crippen LogP contribution in [0, 0.1) is 20.8 Å². The largest absolute Gasteiger partial charge is 0.354 e. The van der Waals surface area contributed by atoms with E-state index in [1.54, 1.807) is 6.20 Å². The lowest BCUT2D eigenvalue weighted by Gasteiger charge is -2.09. The Kier molecular flexibility index (Phi) is 3.38. The number of nitrogens with zero attached hydrogens (tertiary/aromatic N) is 3. The lowest BCUT2D eigenvalue weighted by atomic mass is 9.97. The maximum Gasteiger partial charge on any atom is 0.193 e. The Labute approximate surface area is 140 Å². The van der Waals surface area contributed by atoms with E-state index in [0.717, 1.165) is 39.2 Å². The third-order valence-corrected chi connectivity index (χ3v) is 4.22. The van der Waals surface area contributed by atoms with E-state index >= 15 is 0 Å². The minimum atomic E-state index is 0.729. The number of benzene rings is 1. The molecule has 24 heavy (non-hydrogen) atoms. The van der Waals surface area contributed by atoms with Gasteiger partial charge in [0.1, 0.15) is 11.2 Å². The van der Waals surface area contributed by atoms with Crippen LogP contribution in [0.5, 0.6) is 0 Å². The first kappa shape index (κ1) is 14.6. The molecule has 0 saturated heterocycles. The van der Waals surface area contributed by atoms with Gasteiger partial charge in [-0.25, -0.2) is 4.98 Å². The highest BCUT2D eigenvalue weighted by molar-refractivity contribution is 5.94. The van der Waals surface area contributed by atoms with Crippen LogP contribution in [0.25, 0.3) is 33.5 Å². The summed E-state index contributed by atoms with van der Waals surface area (Å²) in [5, 5.41) is 4.11. The highest BCUT2D eigenvalue weighted by Crippen LogP contribution is 2.34. The van der Waals surface area contributed by atoms with Gasteiger partial charge in [0.05, 0.1) is 5.69 Å². The van der Waals surface area contributed by atoms with Gasteiger partial charge in [-0.3, -0.25) is 4.98 Å². The molecule has 118 valence electrons. The van der Waals surface area contributed by atoms with E-state index in [9.17, 15) is 0 Å². The van der Waals surface area contributed by atoms with E-state index in [2.05, 4.69) is 48.3 Å². The lowest BCUT2D eigenvalue weighted by molar-refractivity contribution is 0.451. The molecule has 4 nitrogen and oxygen atoms in total. The van der Waals surface area contributed by atoms with Gasteiger partial charge in [0.2, 0.25) is 0 Å². The molecule has 0 aliphatic carbocycles. The molecule has 4 rings (SSSR count). The van der Waals surface area contributed by atoms with Gasteiger partial charge in [0.15, 0.2) is 5.58 Å². The third-order valence-electron chi connectivity index (χ3n) is 4.22. The number of hydrogen-bond acceptors (Lipinski definition) is 4. The number of fused-ring (bicyclic) bond motifs is 1. The summed E-state index contributed by atoms with van der Waals surface area (Å²) in [7, 11) is 0. The summed E-state index contributed by atoms with van der Waals surface area (Å²) in [5.74, 6) is 0. The Hall–Kier alpha value is -3.01. The number of hydrogen-bond donors (Lipinski definition) is 0. The molecule has 0 N–H and O–H groups in total. The van der Waals surface area contributed by atoms with Crippen LogP contribution in [0.15, 0.2) is 53.3 Å². The highest BCUT2D eigenvalue weighted by atomic mass is 16.5. The Morgan fingerprint density at radius 3 is 2.58 bits per heavy atom. The Morgan fingerprint density at radius 1 is 0.958 bits per heavy atom. The van der Waals surface area contributed by atoms with Crippen molar-refractivity contribution in [3.05, 3.63) is 65.6 Å². The summed E-state index contributed by atoms with van der Waals surface area (Å²) in [6.45, 7) is 6.12. The van der Waals surface area contributed by atoms with Crippen molar-refractivity contribution in [2.45, 2.75) is 20.8 Å². The van der Waals surface area contributed by atoms with Gasteiger partial charge in [-0.1, -0.05) is 28.9 Å². The zero-order valence-electron chi connectivity index (χ0n) is 13.9. The fourth-order valence-corrected chi connectivity index (χ4v) is 3.01. The van der Waals surface area contributed by atoms with E-state index in [-0.39, 0.29) is 0 Å². The van der Waals surface area contributed by atoms with Gasteiger partial charge in [0, 0.05) is 23.5 Å². The quantitative estimate of drug-likeness (QED) is 0.529. The van der Waals surface area contributed by atoms with Gasteiger partial charge < -0.3 is 4.52 Å². The number of rotatable bonds is 2. The van der Waals surface area contributed by atoms with Crippen LogP contribution in [0.1, 0.15) is 16.8 Å². The summed E-state index contributed by atoms with van der Waals surface area (Å²) < 4.78 is 5.58. The number of pyridine rings is 2. The zero-order valence-corrected chi connectivity index (χ0v) is 13.9. The molecule has 0 spiro atoms. The summed E-state index contributed by atoms with van der Waals surface area (Å²) in [6.07, 6.45) is 3.58. The minimum Gasteiger partial charge on any atom is -0.354 e. The predicted octanol–water partition coefficient (Wildman–Crippen LogP) is 4.88. The van der Waals surface area contributed by atoms with Crippen molar-refractivity contribution >= 4 is 11.1 Å². The Morgan fingerprint density at radius 2 is 1.83 bits per heavy atom. The lowest BCUT2D eigenvalue weighted by Crippen LogP contribution is -1.91. The summed E-state index contributed by atoms with van der Waals surface area (Å²) in [5.41, 5.74) is 8.76. The normalized spacial score (nSPS) is 11.1. The van der Waals surface area contributed by atoms with Crippen molar-refractivity contribution < 1.29 is 4.52 Å². The minimum absolute atomic E-state index is 0.729. The first-order valence-corrected chi connectivity index (χ1v) is 7.88. The SMILES string of the molecule is Cc1ccc(-c2cc(-c3cccnc3)nc3c(C)noc23)c(C)c1. The third kappa shape index (κ3) is 2.36. The highest BCUT2D eigenvalue weighted by Gasteiger charge is 2.17. The van der Waals surface area contributed by atoms with Gasteiger partial charge in [-0.2, -0.15) is 0 Å². The van der Waals surface area contributed by atoms with Crippen LogP contribution in [-0.2, 0) is 0 Å². The maximum atomic E-state index is 5.58. The Bertz CT molecular complexity index is 1040. The van der Waals surface area contributed by atoms with Gasteiger partial charge in [-0.05, 0) is 50.1 Å². The molecule has 0 bridgehead atoms. The van der Waals surface area contributed by atoms with Gasteiger partial charge in [0.25, 0.3) is 0 Å². The van der Waals surface area contributed by atoms with E-state index < -0.39 is 0 Å². The average Bonchev–Trinajstić information content (AvgIpc) is 2.96. The topological polar surface area (TPSA) is 51.8 Å². The van der Waals surface area contributed by atoms with Crippen LogP contribution < -0.4 is 0 Å². The zero-order chi connectivity index (χ0) is 16.7. The molecule has 3 aromatic heterocycles. The van der Waals surface area contributed by atoms with Gasteiger partial charge >= 0.3 is 0 Å². The van der Waals surface area contributed by atoms with Crippen molar-refractivity contribution in [1.29, 1.82) is 0 Å². The molecule has 0 radical (unpaired) electrons. The fraction of sp³-hybridized carbons (Fsp3) is 0.150. The molecule has 4 aromatic rings. The van der Waals surface area contributed by atoms with E-state index in [1.807, 2.05) is 25.3 Å². The summed E-state index contributed by atoms with van der Waals surface area (Å²) >= 11 is 0. The molecular formula is C20H17N3O. The van der Waals surface area contributed by atoms with Crippen LogP contribution in [0.2, 0.25) is 0 Å². The van der Waals surface area contributed by atoms with Gasteiger partial charge in [-0.15, -0.1) is 0 Å². The second-order valence-electron chi connectivity index (χ2n) is 6.06. The second-order valence-corrected chi connectivity index (χ2v) is 6.06. The number of aryl methyl sites for hydroxylation is 3. The monoisotopic (exact) mass is 315 g/mol. The average molecular weight is 315 g/mol.